The third-order valence-corrected chi connectivity index (χ3v) is 4.59. The molecule has 4 heteroatoms. The lowest BCUT2D eigenvalue weighted by Crippen LogP contribution is -2.54. The molecule has 1 saturated heterocycles. The third kappa shape index (κ3) is 2.95. The molecule has 2 fully saturated rings. The number of rotatable bonds is 4. The fraction of sp³-hybridized carbons (Fsp3) is 0.933. The zero-order chi connectivity index (χ0) is 14.0. The van der Waals surface area contributed by atoms with Gasteiger partial charge in [-0.2, -0.15) is 0 Å². The van der Waals surface area contributed by atoms with Crippen molar-refractivity contribution in [1.82, 2.24) is 4.90 Å². The summed E-state index contributed by atoms with van der Waals surface area (Å²) in [4.78, 5) is 15.1. The molecule has 1 aliphatic heterocycles. The maximum atomic E-state index is 13.0. The average Bonchev–Trinajstić information content (AvgIpc) is 2.97. The van der Waals surface area contributed by atoms with Crippen LogP contribution >= 0.6 is 0 Å². The lowest BCUT2D eigenvalue weighted by Gasteiger charge is -2.38. The summed E-state index contributed by atoms with van der Waals surface area (Å²) >= 11 is 0. The van der Waals surface area contributed by atoms with E-state index in [1.165, 1.54) is 12.8 Å². The highest BCUT2D eigenvalue weighted by Gasteiger charge is 2.47. The summed E-state index contributed by atoms with van der Waals surface area (Å²) < 4.78 is 5.44. The zero-order valence-corrected chi connectivity index (χ0v) is 12.5. The van der Waals surface area contributed by atoms with Crippen molar-refractivity contribution >= 4 is 5.91 Å². The lowest BCUT2D eigenvalue weighted by atomic mass is 9.83. The van der Waals surface area contributed by atoms with Gasteiger partial charge in [-0.15, -0.1) is 0 Å². The van der Waals surface area contributed by atoms with E-state index in [2.05, 4.69) is 18.7 Å². The van der Waals surface area contributed by atoms with Crippen molar-refractivity contribution in [2.24, 2.45) is 17.1 Å². The summed E-state index contributed by atoms with van der Waals surface area (Å²) in [5.41, 5.74) is 5.58. The predicted octanol–water partition coefficient (Wildman–Crippen LogP) is 1.78. The van der Waals surface area contributed by atoms with Crippen molar-refractivity contribution in [2.45, 2.75) is 58.5 Å². The van der Waals surface area contributed by atoms with Gasteiger partial charge in [0.05, 0.1) is 18.6 Å². The van der Waals surface area contributed by atoms with Gasteiger partial charge in [0.15, 0.2) is 0 Å². The van der Waals surface area contributed by atoms with E-state index in [0.717, 1.165) is 19.4 Å². The van der Waals surface area contributed by atoms with Crippen molar-refractivity contribution in [3.05, 3.63) is 0 Å². The van der Waals surface area contributed by atoms with E-state index in [-0.39, 0.29) is 11.9 Å². The van der Waals surface area contributed by atoms with Crippen LogP contribution in [-0.4, -0.2) is 42.6 Å². The van der Waals surface area contributed by atoms with E-state index in [1.807, 2.05) is 6.92 Å². The smallest absolute Gasteiger partial charge is 0.232 e. The first kappa shape index (κ1) is 14.8. The Balaban J connectivity index is 2.14. The topological polar surface area (TPSA) is 55.6 Å². The van der Waals surface area contributed by atoms with Gasteiger partial charge in [0.25, 0.3) is 0 Å². The van der Waals surface area contributed by atoms with E-state index >= 15 is 0 Å². The van der Waals surface area contributed by atoms with Crippen LogP contribution in [0.15, 0.2) is 0 Å². The Hall–Kier alpha value is -0.610. The molecular weight excluding hydrogens is 240 g/mol. The monoisotopic (exact) mass is 268 g/mol. The number of carbonyl (C=O) groups is 1. The number of ether oxygens (including phenoxy) is 1. The molecule has 1 amide bonds. The zero-order valence-electron chi connectivity index (χ0n) is 12.5. The summed E-state index contributed by atoms with van der Waals surface area (Å²) in [5, 5.41) is 0. The van der Waals surface area contributed by atoms with Crippen LogP contribution < -0.4 is 5.73 Å². The van der Waals surface area contributed by atoms with Gasteiger partial charge in [-0.1, -0.05) is 26.7 Å². The second-order valence-electron chi connectivity index (χ2n) is 6.83. The molecule has 0 aromatic rings. The van der Waals surface area contributed by atoms with Gasteiger partial charge in [-0.3, -0.25) is 4.79 Å². The standard InChI is InChI=1S/C15H28N2O2/c1-11(2)8-17(12-6-4-5-7-12)14(18)15(3)10-19-9-13(15)16/h11-13H,4-10,16H2,1-3H3. The van der Waals surface area contributed by atoms with Gasteiger partial charge in [-0.05, 0) is 25.7 Å². The molecule has 0 aromatic carbocycles. The van der Waals surface area contributed by atoms with Crippen molar-refractivity contribution in [1.29, 1.82) is 0 Å². The van der Waals surface area contributed by atoms with E-state index in [1.54, 1.807) is 0 Å². The fourth-order valence-corrected chi connectivity index (χ4v) is 3.24. The van der Waals surface area contributed by atoms with Crippen LogP contribution in [0.2, 0.25) is 0 Å². The van der Waals surface area contributed by atoms with E-state index < -0.39 is 5.41 Å². The Morgan fingerprint density at radius 3 is 2.53 bits per heavy atom. The normalized spacial score (nSPS) is 32.2. The average molecular weight is 268 g/mol. The molecule has 2 aliphatic rings. The molecule has 19 heavy (non-hydrogen) atoms. The molecule has 2 atom stereocenters. The van der Waals surface area contributed by atoms with Gasteiger partial charge in [0.2, 0.25) is 5.91 Å². The number of nitrogens with zero attached hydrogens (tertiary/aromatic N) is 1. The summed E-state index contributed by atoms with van der Waals surface area (Å²) in [7, 11) is 0. The van der Waals surface area contributed by atoms with Crippen molar-refractivity contribution in [3.8, 4) is 0 Å². The molecule has 110 valence electrons. The molecule has 0 spiro atoms. The highest BCUT2D eigenvalue weighted by molar-refractivity contribution is 5.84. The highest BCUT2D eigenvalue weighted by Crippen LogP contribution is 2.33. The highest BCUT2D eigenvalue weighted by atomic mass is 16.5. The van der Waals surface area contributed by atoms with Crippen LogP contribution in [-0.2, 0) is 9.53 Å². The van der Waals surface area contributed by atoms with E-state index in [0.29, 0.717) is 25.2 Å². The van der Waals surface area contributed by atoms with Crippen LogP contribution in [0.4, 0.5) is 0 Å². The molecule has 1 aliphatic carbocycles. The molecule has 2 N–H and O–H groups in total. The largest absolute Gasteiger partial charge is 0.379 e. The predicted molar refractivity (Wildman–Crippen MR) is 75.7 cm³/mol. The molecule has 0 aromatic heterocycles. The number of hydrogen-bond donors (Lipinski definition) is 1. The Kier molecular flexibility index (Phi) is 4.51. The Labute approximate surface area is 116 Å². The number of carbonyl (C=O) groups excluding carboxylic acids is 1. The molecule has 0 bridgehead atoms. The molecule has 0 radical (unpaired) electrons. The van der Waals surface area contributed by atoms with Crippen LogP contribution in [0.1, 0.15) is 46.5 Å². The van der Waals surface area contributed by atoms with Crippen molar-refractivity contribution in [3.63, 3.8) is 0 Å². The number of hydrogen-bond acceptors (Lipinski definition) is 3. The minimum atomic E-state index is -0.530. The maximum absolute atomic E-state index is 13.0. The molecule has 2 unspecified atom stereocenters. The third-order valence-electron chi connectivity index (χ3n) is 4.59. The molecule has 1 saturated carbocycles. The van der Waals surface area contributed by atoms with Crippen LogP contribution in [0, 0.1) is 11.3 Å². The van der Waals surface area contributed by atoms with Crippen LogP contribution in [0.5, 0.6) is 0 Å². The Morgan fingerprint density at radius 2 is 2.05 bits per heavy atom. The van der Waals surface area contributed by atoms with Gasteiger partial charge in [0, 0.05) is 18.6 Å². The number of amides is 1. The molecule has 2 rings (SSSR count). The molecular formula is C15H28N2O2. The minimum absolute atomic E-state index is 0.170. The summed E-state index contributed by atoms with van der Waals surface area (Å²) in [6.07, 6.45) is 4.77. The fourth-order valence-electron chi connectivity index (χ4n) is 3.24. The Bertz CT molecular complexity index is 326. The first-order valence-electron chi connectivity index (χ1n) is 7.59. The summed E-state index contributed by atoms with van der Waals surface area (Å²) in [6.45, 7) is 8.11. The number of nitrogens with two attached hydrogens (primary N) is 1. The first-order chi connectivity index (χ1) is 8.95. The van der Waals surface area contributed by atoms with Gasteiger partial charge in [-0.25, -0.2) is 0 Å². The molecule has 1 heterocycles. The first-order valence-corrected chi connectivity index (χ1v) is 7.59. The van der Waals surface area contributed by atoms with E-state index in [9.17, 15) is 4.79 Å². The quantitative estimate of drug-likeness (QED) is 0.845. The van der Waals surface area contributed by atoms with Crippen LogP contribution in [0.25, 0.3) is 0 Å². The Morgan fingerprint density at radius 1 is 1.42 bits per heavy atom. The van der Waals surface area contributed by atoms with Crippen molar-refractivity contribution < 1.29 is 9.53 Å². The maximum Gasteiger partial charge on any atom is 0.232 e. The van der Waals surface area contributed by atoms with Crippen molar-refractivity contribution in [2.75, 3.05) is 19.8 Å². The second-order valence-corrected chi connectivity index (χ2v) is 6.83. The minimum Gasteiger partial charge on any atom is -0.379 e. The van der Waals surface area contributed by atoms with E-state index in [4.69, 9.17) is 10.5 Å². The van der Waals surface area contributed by atoms with Gasteiger partial charge >= 0.3 is 0 Å². The lowest BCUT2D eigenvalue weighted by molar-refractivity contribution is -0.144. The summed E-state index contributed by atoms with van der Waals surface area (Å²) in [6, 6.07) is 0.246. The summed E-state index contributed by atoms with van der Waals surface area (Å²) in [5.74, 6) is 0.699. The molecule has 4 nitrogen and oxygen atoms in total. The van der Waals surface area contributed by atoms with Gasteiger partial charge in [0.1, 0.15) is 0 Å². The van der Waals surface area contributed by atoms with Crippen LogP contribution in [0.3, 0.4) is 0 Å². The van der Waals surface area contributed by atoms with Gasteiger partial charge < -0.3 is 15.4 Å². The SMILES string of the molecule is CC(C)CN(C(=O)C1(C)COCC1N)C1CCCC1. The second kappa shape index (κ2) is 5.80.